The van der Waals surface area contributed by atoms with Crippen molar-refractivity contribution in [1.29, 1.82) is 0 Å². The first-order chi connectivity index (χ1) is 10.3. The molecule has 0 saturated carbocycles. The number of pyridine rings is 1. The van der Waals surface area contributed by atoms with E-state index in [-0.39, 0.29) is 0 Å². The summed E-state index contributed by atoms with van der Waals surface area (Å²) in [6.07, 6.45) is 5.25. The van der Waals surface area contributed by atoms with Gasteiger partial charge in [0.2, 0.25) is 0 Å². The zero-order chi connectivity index (χ0) is 14.7. The fourth-order valence-corrected chi connectivity index (χ4v) is 3.94. The molecule has 0 unspecified atom stereocenters. The summed E-state index contributed by atoms with van der Waals surface area (Å²) in [6, 6.07) is 8.44. The van der Waals surface area contributed by atoms with E-state index in [0.29, 0.717) is 0 Å². The fraction of sp³-hybridized carbons (Fsp3) is 0.312. The first kappa shape index (κ1) is 14.8. The molecule has 0 bridgehead atoms. The summed E-state index contributed by atoms with van der Waals surface area (Å²) in [6.45, 7) is 5.01. The van der Waals surface area contributed by atoms with Crippen molar-refractivity contribution >= 4 is 38.3 Å². The van der Waals surface area contributed by atoms with Crippen molar-refractivity contribution in [3.05, 3.63) is 50.9 Å². The van der Waals surface area contributed by atoms with Crippen molar-refractivity contribution < 1.29 is 0 Å². The lowest BCUT2D eigenvalue weighted by molar-refractivity contribution is 0.675. The number of nitrogens with one attached hydrogen (secondary N) is 1. The van der Waals surface area contributed by atoms with E-state index in [1.165, 1.54) is 19.6 Å². The smallest absolute Gasteiger partial charge is 0.140 e. The topological polar surface area (TPSA) is 29.9 Å². The second-order valence-corrected chi connectivity index (χ2v) is 7.59. The number of halogens is 1. The Bertz CT molecular complexity index is 732. The first-order valence-electron chi connectivity index (χ1n) is 7.15. The molecule has 3 rings (SSSR count). The van der Waals surface area contributed by atoms with Crippen LogP contribution in [0.2, 0.25) is 0 Å². The molecule has 0 spiro atoms. The molecule has 0 aliphatic carbocycles. The van der Waals surface area contributed by atoms with E-state index >= 15 is 0 Å². The average molecular weight is 364 g/mol. The zero-order valence-corrected chi connectivity index (χ0v) is 14.4. The molecule has 21 heavy (non-hydrogen) atoms. The SMILES string of the molecule is CCCNCc1cn(Cc2ccc(Br)s2)c2ncccc12. The summed E-state index contributed by atoms with van der Waals surface area (Å²) in [7, 11) is 0. The third-order valence-electron chi connectivity index (χ3n) is 3.41. The van der Waals surface area contributed by atoms with E-state index in [0.717, 1.165) is 31.7 Å². The molecule has 0 aliphatic rings. The molecule has 110 valence electrons. The maximum atomic E-state index is 4.56. The first-order valence-corrected chi connectivity index (χ1v) is 8.76. The third-order valence-corrected chi connectivity index (χ3v) is 5.02. The minimum atomic E-state index is 0.873. The van der Waals surface area contributed by atoms with Crippen molar-refractivity contribution in [3.8, 4) is 0 Å². The predicted octanol–water partition coefficient (Wildman–Crippen LogP) is 4.41. The van der Waals surface area contributed by atoms with Crippen molar-refractivity contribution in [2.24, 2.45) is 0 Å². The van der Waals surface area contributed by atoms with E-state index in [2.05, 4.69) is 62.1 Å². The molecule has 0 aromatic carbocycles. The third kappa shape index (κ3) is 3.36. The highest BCUT2D eigenvalue weighted by Crippen LogP contribution is 2.25. The lowest BCUT2D eigenvalue weighted by Gasteiger charge is -2.01. The van der Waals surface area contributed by atoms with Gasteiger partial charge in [0.1, 0.15) is 5.65 Å². The van der Waals surface area contributed by atoms with Gasteiger partial charge < -0.3 is 9.88 Å². The van der Waals surface area contributed by atoms with Crippen molar-refractivity contribution in [1.82, 2.24) is 14.9 Å². The van der Waals surface area contributed by atoms with Crippen molar-refractivity contribution in [2.45, 2.75) is 26.4 Å². The summed E-state index contributed by atoms with van der Waals surface area (Å²) < 4.78 is 3.42. The molecule has 1 N–H and O–H groups in total. The highest BCUT2D eigenvalue weighted by Gasteiger charge is 2.10. The van der Waals surface area contributed by atoms with Gasteiger partial charge in [-0.15, -0.1) is 11.3 Å². The van der Waals surface area contributed by atoms with Gasteiger partial charge in [0.05, 0.1) is 10.3 Å². The summed E-state index contributed by atoms with van der Waals surface area (Å²) in [4.78, 5) is 5.89. The molecule has 0 atom stereocenters. The lowest BCUT2D eigenvalue weighted by atomic mass is 10.2. The van der Waals surface area contributed by atoms with E-state index in [9.17, 15) is 0 Å². The minimum Gasteiger partial charge on any atom is -0.327 e. The van der Waals surface area contributed by atoms with Crippen LogP contribution < -0.4 is 5.32 Å². The van der Waals surface area contributed by atoms with Gasteiger partial charge in [0.15, 0.2) is 0 Å². The number of nitrogens with zero attached hydrogens (tertiary/aromatic N) is 2. The van der Waals surface area contributed by atoms with Crippen LogP contribution in [0.5, 0.6) is 0 Å². The number of rotatable bonds is 6. The molecule has 0 saturated heterocycles. The average Bonchev–Trinajstić information content (AvgIpc) is 3.05. The van der Waals surface area contributed by atoms with E-state index < -0.39 is 0 Å². The van der Waals surface area contributed by atoms with Crippen molar-refractivity contribution in [2.75, 3.05) is 6.54 Å². The molecule has 5 heteroatoms. The Balaban J connectivity index is 1.90. The van der Waals surface area contributed by atoms with Gasteiger partial charge >= 0.3 is 0 Å². The molecular weight excluding hydrogens is 346 g/mol. The highest BCUT2D eigenvalue weighted by atomic mass is 79.9. The number of aromatic nitrogens is 2. The molecule has 0 fully saturated rings. The maximum Gasteiger partial charge on any atom is 0.140 e. The molecule has 0 aliphatic heterocycles. The number of hydrogen-bond donors (Lipinski definition) is 1. The molecule has 3 aromatic rings. The van der Waals surface area contributed by atoms with Gasteiger partial charge in [0.25, 0.3) is 0 Å². The van der Waals surface area contributed by atoms with E-state index in [1.54, 1.807) is 11.3 Å². The van der Waals surface area contributed by atoms with Gasteiger partial charge in [0, 0.05) is 29.2 Å². The summed E-state index contributed by atoms with van der Waals surface area (Å²) in [5.41, 5.74) is 2.39. The van der Waals surface area contributed by atoms with Crippen molar-refractivity contribution in [3.63, 3.8) is 0 Å². The quantitative estimate of drug-likeness (QED) is 0.657. The van der Waals surface area contributed by atoms with Crippen LogP contribution in [0.25, 0.3) is 11.0 Å². The van der Waals surface area contributed by atoms with Crippen LogP contribution >= 0.6 is 27.3 Å². The fourth-order valence-electron chi connectivity index (χ4n) is 2.46. The summed E-state index contributed by atoms with van der Waals surface area (Å²) >= 11 is 5.30. The summed E-state index contributed by atoms with van der Waals surface area (Å²) in [5, 5.41) is 4.73. The number of hydrogen-bond acceptors (Lipinski definition) is 3. The van der Waals surface area contributed by atoms with Crippen LogP contribution in [0, 0.1) is 0 Å². The summed E-state index contributed by atoms with van der Waals surface area (Å²) in [5.74, 6) is 0. The van der Waals surface area contributed by atoms with E-state index in [1.807, 2.05) is 12.3 Å². The van der Waals surface area contributed by atoms with Crippen LogP contribution in [0.15, 0.2) is 40.4 Å². The van der Waals surface area contributed by atoms with Crippen LogP contribution in [0.4, 0.5) is 0 Å². The molecule has 0 amide bonds. The Morgan fingerprint density at radius 2 is 2.24 bits per heavy atom. The van der Waals surface area contributed by atoms with Gasteiger partial charge in [-0.1, -0.05) is 6.92 Å². The van der Waals surface area contributed by atoms with Crippen LogP contribution in [0.3, 0.4) is 0 Å². The normalized spacial score (nSPS) is 11.3. The van der Waals surface area contributed by atoms with Gasteiger partial charge in [-0.05, 0) is 58.7 Å². The van der Waals surface area contributed by atoms with Crippen LogP contribution in [-0.2, 0) is 13.1 Å². The molecule has 3 heterocycles. The Labute approximate surface area is 137 Å². The predicted molar refractivity (Wildman–Crippen MR) is 92.9 cm³/mol. The highest BCUT2D eigenvalue weighted by molar-refractivity contribution is 9.11. The van der Waals surface area contributed by atoms with E-state index in [4.69, 9.17) is 0 Å². The Morgan fingerprint density at radius 3 is 3.00 bits per heavy atom. The number of fused-ring (bicyclic) bond motifs is 1. The van der Waals surface area contributed by atoms with Gasteiger partial charge in [-0.3, -0.25) is 0 Å². The van der Waals surface area contributed by atoms with Gasteiger partial charge in [-0.2, -0.15) is 0 Å². The number of thiophene rings is 1. The molecule has 3 aromatic heterocycles. The zero-order valence-electron chi connectivity index (χ0n) is 12.0. The maximum absolute atomic E-state index is 4.56. The van der Waals surface area contributed by atoms with Gasteiger partial charge in [-0.25, -0.2) is 4.98 Å². The second kappa shape index (κ2) is 6.73. The standard InChI is InChI=1S/C16H18BrN3S/c1-2-7-18-9-12-10-20(11-13-5-6-15(17)21-13)16-14(12)4-3-8-19-16/h3-6,8,10,18H,2,7,9,11H2,1H3. The van der Waals surface area contributed by atoms with Crippen LogP contribution in [-0.4, -0.2) is 16.1 Å². The van der Waals surface area contributed by atoms with Crippen LogP contribution in [0.1, 0.15) is 23.8 Å². The molecule has 0 radical (unpaired) electrons. The Morgan fingerprint density at radius 1 is 1.33 bits per heavy atom. The molecular formula is C16H18BrN3S. The Hall–Kier alpha value is -1.17. The molecule has 3 nitrogen and oxygen atoms in total. The lowest BCUT2D eigenvalue weighted by Crippen LogP contribution is -2.13. The minimum absolute atomic E-state index is 0.873. The monoisotopic (exact) mass is 363 g/mol. The largest absolute Gasteiger partial charge is 0.327 e. The Kier molecular flexibility index (Phi) is 4.73. The second-order valence-electron chi connectivity index (χ2n) is 5.04.